The first-order chi connectivity index (χ1) is 8.40. The summed E-state index contributed by atoms with van der Waals surface area (Å²) < 4.78 is 26.5. The van der Waals surface area contributed by atoms with Crippen LogP contribution >= 0.6 is 22.9 Å². The van der Waals surface area contributed by atoms with Crippen molar-refractivity contribution in [3.63, 3.8) is 0 Å². The lowest BCUT2D eigenvalue weighted by Gasteiger charge is -2.09. The van der Waals surface area contributed by atoms with Crippen molar-refractivity contribution in [2.75, 3.05) is 10.5 Å². The third-order valence-electron chi connectivity index (χ3n) is 2.11. The van der Waals surface area contributed by atoms with Crippen molar-refractivity contribution in [3.8, 4) is 0 Å². The van der Waals surface area contributed by atoms with Gasteiger partial charge in [0.15, 0.2) is 0 Å². The largest absolute Gasteiger partial charge is 0.399 e. The lowest BCUT2D eigenvalue weighted by Crippen LogP contribution is -2.14. The maximum atomic E-state index is 12.1. The Bertz CT molecular complexity index is 670. The van der Waals surface area contributed by atoms with E-state index in [0.29, 0.717) is 11.3 Å². The van der Waals surface area contributed by atoms with Crippen LogP contribution in [0.1, 0.15) is 5.56 Å². The van der Waals surface area contributed by atoms with E-state index in [1.165, 1.54) is 11.6 Å². The van der Waals surface area contributed by atoms with Crippen molar-refractivity contribution in [1.29, 1.82) is 0 Å². The monoisotopic (exact) mass is 304 g/mol. The van der Waals surface area contributed by atoms with Gasteiger partial charge in [-0.15, -0.1) is 10.2 Å². The van der Waals surface area contributed by atoms with Gasteiger partial charge in [-0.2, -0.15) is 0 Å². The van der Waals surface area contributed by atoms with Crippen LogP contribution in [0.25, 0.3) is 0 Å². The van der Waals surface area contributed by atoms with E-state index in [0.717, 1.165) is 11.3 Å². The highest BCUT2D eigenvalue weighted by Crippen LogP contribution is 2.29. The van der Waals surface area contributed by atoms with Crippen LogP contribution in [-0.4, -0.2) is 18.6 Å². The molecule has 0 aliphatic heterocycles. The molecule has 0 atom stereocenters. The number of aryl methyl sites for hydroxylation is 1. The Labute approximate surface area is 113 Å². The summed E-state index contributed by atoms with van der Waals surface area (Å²) in [6.07, 6.45) is 0. The summed E-state index contributed by atoms with van der Waals surface area (Å²) in [7, 11) is -3.81. The topological polar surface area (TPSA) is 98.0 Å². The van der Waals surface area contributed by atoms with Gasteiger partial charge in [-0.3, -0.25) is 4.72 Å². The summed E-state index contributed by atoms with van der Waals surface area (Å²) in [6.45, 7) is 1.68. The Morgan fingerprint density at radius 3 is 2.78 bits per heavy atom. The molecule has 0 amide bonds. The summed E-state index contributed by atoms with van der Waals surface area (Å²) in [5.41, 5.74) is 7.96. The number of nitrogen functional groups attached to an aromatic ring is 1. The van der Waals surface area contributed by atoms with Crippen LogP contribution in [0.15, 0.2) is 22.5 Å². The molecule has 0 bridgehead atoms. The number of halogens is 1. The molecule has 18 heavy (non-hydrogen) atoms. The number of nitrogens with zero attached hydrogens (tertiary/aromatic N) is 2. The van der Waals surface area contributed by atoms with E-state index >= 15 is 0 Å². The Kier molecular flexibility index (Phi) is 3.42. The molecule has 0 radical (unpaired) electrons. The molecule has 2 rings (SSSR count). The van der Waals surface area contributed by atoms with Gasteiger partial charge in [0, 0.05) is 5.69 Å². The predicted molar refractivity (Wildman–Crippen MR) is 71.3 cm³/mol. The van der Waals surface area contributed by atoms with Gasteiger partial charge in [0.2, 0.25) is 5.13 Å². The first-order valence-corrected chi connectivity index (χ1v) is 7.49. The van der Waals surface area contributed by atoms with E-state index in [1.54, 1.807) is 13.0 Å². The second kappa shape index (κ2) is 4.71. The number of sulfonamides is 1. The van der Waals surface area contributed by atoms with E-state index < -0.39 is 10.0 Å². The molecule has 0 saturated heterocycles. The molecule has 0 saturated carbocycles. The van der Waals surface area contributed by atoms with Crippen LogP contribution < -0.4 is 10.5 Å². The van der Waals surface area contributed by atoms with Crippen LogP contribution in [-0.2, 0) is 10.0 Å². The van der Waals surface area contributed by atoms with E-state index in [4.69, 9.17) is 17.3 Å². The predicted octanol–water partition coefficient (Wildman–Crippen LogP) is 1.88. The molecule has 96 valence electrons. The number of aromatic nitrogens is 2. The Morgan fingerprint density at radius 2 is 2.17 bits per heavy atom. The zero-order valence-corrected chi connectivity index (χ0v) is 11.6. The van der Waals surface area contributed by atoms with Crippen molar-refractivity contribution in [2.45, 2.75) is 11.8 Å². The van der Waals surface area contributed by atoms with E-state index in [-0.39, 0.29) is 15.0 Å². The first kappa shape index (κ1) is 13.1. The molecule has 0 unspecified atom stereocenters. The molecule has 1 aromatic heterocycles. The van der Waals surface area contributed by atoms with Gasteiger partial charge in [0.1, 0.15) is 10.4 Å². The zero-order chi connectivity index (χ0) is 13.3. The van der Waals surface area contributed by atoms with E-state index in [9.17, 15) is 8.42 Å². The van der Waals surface area contributed by atoms with Crippen LogP contribution in [0.3, 0.4) is 0 Å². The van der Waals surface area contributed by atoms with Crippen molar-refractivity contribution >= 4 is 43.8 Å². The number of hydrogen-bond acceptors (Lipinski definition) is 6. The van der Waals surface area contributed by atoms with Crippen LogP contribution in [0.2, 0.25) is 5.02 Å². The van der Waals surface area contributed by atoms with E-state index in [1.807, 2.05) is 0 Å². The summed E-state index contributed by atoms with van der Waals surface area (Å²) in [6, 6.07) is 2.91. The number of hydrogen-bond donors (Lipinski definition) is 2. The molecule has 0 spiro atoms. The quantitative estimate of drug-likeness (QED) is 0.844. The third-order valence-corrected chi connectivity index (χ3v) is 4.83. The Balaban J connectivity index is 2.48. The molecule has 1 heterocycles. The average molecular weight is 305 g/mol. The smallest absolute Gasteiger partial charge is 0.265 e. The molecule has 6 nitrogen and oxygen atoms in total. The lowest BCUT2D eigenvalue weighted by atomic mass is 10.2. The summed E-state index contributed by atoms with van der Waals surface area (Å²) >= 11 is 7.05. The molecular formula is C9H9ClN4O2S2. The number of rotatable bonds is 3. The molecule has 0 fully saturated rings. The van der Waals surface area contributed by atoms with Gasteiger partial charge in [-0.05, 0) is 24.6 Å². The maximum Gasteiger partial charge on any atom is 0.265 e. The number of benzene rings is 1. The average Bonchev–Trinajstić information content (AvgIpc) is 2.75. The van der Waals surface area contributed by atoms with Gasteiger partial charge >= 0.3 is 0 Å². The fourth-order valence-electron chi connectivity index (χ4n) is 1.35. The fraction of sp³-hybridized carbons (Fsp3) is 0.111. The first-order valence-electron chi connectivity index (χ1n) is 4.75. The molecule has 2 aromatic rings. The number of nitrogens with two attached hydrogens (primary N) is 1. The fourth-order valence-corrected chi connectivity index (χ4v) is 3.64. The summed E-state index contributed by atoms with van der Waals surface area (Å²) in [4.78, 5) is -0.0723. The van der Waals surface area contributed by atoms with E-state index in [2.05, 4.69) is 14.9 Å². The van der Waals surface area contributed by atoms with Crippen molar-refractivity contribution in [3.05, 3.63) is 28.2 Å². The zero-order valence-electron chi connectivity index (χ0n) is 9.21. The Morgan fingerprint density at radius 1 is 1.44 bits per heavy atom. The normalized spacial score (nSPS) is 11.4. The van der Waals surface area contributed by atoms with Crippen LogP contribution in [0.4, 0.5) is 10.8 Å². The highest BCUT2D eigenvalue weighted by atomic mass is 35.5. The Hall–Kier alpha value is -1.38. The van der Waals surface area contributed by atoms with Gasteiger partial charge in [-0.25, -0.2) is 8.42 Å². The highest BCUT2D eigenvalue weighted by Gasteiger charge is 2.21. The molecular weight excluding hydrogens is 296 g/mol. The lowest BCUT2D eigenvalue weighted by molar-refractivity contribution is 0.601. The van der Waals surface area contributed by atoms with Gasteiger partial charge < -0.3 is 5.73 Å². The molecule has 9 heteroatoms. The minimum Gasteiger partial charge on any atom is -0.399 e. The van der Waals surface area contributed by atoms with Gasteiger partial charge in [0.05, 0.1) is 5.02 Å². The summed E-state index contributed by atoms with van der Waals surface area (Å²) in [5, 5.41) is 7.46. The standard InChI is InChI=1S/C9H9ClN4O2S2/c1-5-2-6(11)3-7(8(5)10)18(15,16)14-9-13-12-4-17-9/h2-4H,11H2,1H3,(H,13,14). The van der Waals surface area contributed by atoms with Crippen LogP contribution in [0.5, 0.6) is 0 Å². The minimum atomic E-state index is -3.81. The number of anilines is 2. The van der Waals surface area contributed by atoms with Crippen molar-refractivity contribution in [2.24, 2.45) is 0 Å². The number of nitrogens with one attached hydrogen (secondary N) is 1. The van der Waals surface area contributed by atoms with Gasteiger partial charge in [-0.1, -0.05) is 22.9 Å². The second-order valence-corrected chi connectivity index (χ2v) is 6.36. The van der Waals surface area contributed by atoms with Gasteiger partial charge in [0.25, 0.3) is 10.0 Å². The second-order valence-electron chi connectivity index (χ2n) is 3.50. The SMILES string of the molecule is Cc1cc(N)cc(S(=O)(=O)Nc2nncs2)c1Cl. The molecule has 0 aliphatic rings. The molecule has 3 N–H and O–H groups in total. The minimum absolute atomic E-state index is 0.0723. The highest BCUT2D eigenvalue weighted by molar-refractivity contribution is 7.93. The third kappa shape index (κ3) is 2.55. The maximum absolute atomic E-state index is 12.1. The van der Waals surface area contributed by atoms with Crippen LogP contribution in [0, 0.1) is 6.92 Å². The molecule has 1 aromatic carbocycles. The van der Waals surface area contributed by atoms with Crippen molar-refractivity contribution < 1.29 is 8.42 Å². The molecule has 0 aliphatic carbocycles. The summed E-state index contributed by atoms with van der Waals surface area (Å²) in [5.74, 6) is 0. The van der Waals surface area contributed by atoms with Crippen molar-refractivity contribution in [1.82, 2.24) is 10.2 Å².